The molecule has 1 aromatic carbocycles. The molecule has 0 amide bonds. The van der Waals surface area contributed by atoms with E-state index < -0.39 is 0 Å². The van der Waals surface area contributed by atoms with Crippen molar-refractivity contribution in [3.63, 3.8) is 0 Å². The molecule has 0 spiro atoms. The number of anilines is 1. The Kier molecular flexibility index (Phi) is 3.37. The van der Waals surface area contributed by atoms with Gasteiger partial charge in [-0.3, -0.25) is 0 Å². The van der Waals surface area contributed by atoms with Crippen LogP contribution < -0.4 is 5.32 Å². The van der Waals surface area contributed by atoms with Crippen LogP contribution in [0.1, 0.15) is 5.56 Å². The number of pyridine rings is 1. The zero-order valence-electron chi connectivity index (χ0n) is 8.45. The van der Waals surface area contributed by atoms with E-state index in [9.17, 15) is 4.39 Å². The Bertz CT molecular complexity index is 442. The molecule has 1 N–H and O–H groups in total. The van der Waals surface area contributed by atoms with E-state index in [2.05, 4.69) is 10.3 Å². The second-order valence-corrected chi connectivity index (χ2v) is 3.72. The fourth-order valence-electron chi connectivity index (χ4n) is 1.35. The van der Waals surface area contributed by atoms with Crippen LogP contribution in [0.5, 0.6) is 0 Å². The standard InChI is InChI=1S/C12H10ClFN2/c13-11-5-2-6-12(16-11)15-8-9-3-1-4-10(14)7-9/h1-7H,8H2,(H,15,16). The lowest BCUT2D eigenvalue weighted by atomic mass is 10.2. The largest absolute Gasteiger partial charge is 0.366 e. The molecule has 0 unspecified atom stereocenters. The second kappa shape index (κ2) is 4.94. The summed E-state index contributed by atoms with van der Waals surface area (Å²) >= 11 is 5.74. The molecule has 82 valence electrons. The molecule has 0 saturated carbocycles. The number of benzene rings is 1. The summed E-state index contributed by atoms with van der Waals surface area (Å²) in [6.07, 6.45) is 0. The average Bonchev–Trinajstić information content (AvgIpc) is 2.27. The van der Waals surface area contributed by atoms with Crippen LogP contribution in [0.4, 0.5) is 10.2 Å². The van der Waals surface area contributed by atoms with Crippen LogP contribution in [0.2, 0.25) is 5.15 Å². The molecular weight excluding hydrogens is 227 g/mol. The molecule has 16 heavy (non-hydrogen) atoms. The molecule has 1 aromatic heterocycles. The SMILES string of the molecule is Fc1cccc(CNc2cccc(Cl)n2)c1. The van der Waals surface area contributed by atoms with Crippen molar-refractivity contribution in [1.29, 1.82) is 0 Å². The zero-order valence-corrected chi connectivity index (χ0v) is 9.21. The number of rotatable bonds is 3. The van der Waals surface area contributed by atoms with Gasteiger partial charge in [-0.2, -0.15) is 0 Å². The lowest BCUT2D eigenvalue weighted by Crippen LogP contribution is -2.01. The van der Waals surface area contributed by atoms with Gasteiger partial charge < -0.3 is 5.32 Å². The van der Waals surface area contributed by atoms with Crippen LogP contribution in [0.3, 0.4) is 0 Å². The minimum Gasteiger partial charge on any atom is -0.366 e. The van der Waals surface area contributed by atoms with Gasteiger partial charge in [-0.05, 0) is 29.8 Å². The Morgan fingerprint density at radius 1 is 1.19 bits per heavy atom. The van der Waals surface area contributed by atoms with Crippen molar-refractivity contribution in [3.05, 3.63) is 59.0 Å². The highest BCUT2D eigenvalue weighted by Crippen LogP contribution is 2.11. The first kappa shape index (κ1) is 10.9. The highest BCUT2D eigenvalue weighted by atomic mass is 35.5. The van der Waals surface area contributed by atoms with Gasteiger partial charge in [0.25, 0.3) is 0 Å². The number of nitrogens with one attached hydrogen (secondary N) is 1. The predicted molar refractivity (Wildman–Crippen MR) is 63.0 cm³/mol. The third kappa shape index (κ3) is 2.94. The van der Waals surface area contributed by atoms with Crippen LogP contribution in [-0.2, 0) is 6.54 Å². The van der Waals surface area contributed by atoms with Gasteiger partial charge in [0.2, 0.25) is 0 Å². The van der Waals surface area contributed by atoms with E-state index in [1.807, 2.05) is 18.2 Å². The lowest BCUT2D eigenvalue weighted by molar-refractivity contribution is 0.626. The topological polar surface area (TPSA) is 24.9 Å². The van der Waals surface area contributed by atoms with E-state index >= 15 is 0 Å². The molecule has 0 aliphatic heterocycles. The van der Waals surface area contributed by atoms with Gasteiger partial charge in [-0.1, -0.05) is 29.8 Å². The van der Waals surface area contributed by atoms with Gasteiger partial charge in [0, 0.05) is 6.54 Å². The first-order chi connectivity index (χ1) is 7.74. The maximum absolute atomic E-state index is 12.9. The van der Waals surface area contributed by atoms with Gasteiger partial charge in [0.05, 0.1) is 0 Å². The minimum absolute atomic E-state index is 0.238. The molecular formula is C12H10ClFN2. The number of nitrogens with zero attached hydrogens (tertiary/aromatic N) is 1. The molecule has 0 aliphatic rings. The first-order valence-corrected chi connectivity index (χ1v) is 5.23. The summed E-state index contributed by atoms with van der Waals surface area (Å²) in [5.74, 6) is 0.440. The Labute approximate surface area is 98.1 Å². The van der Waals surface area contributed by atoms with E-state index in [4.69, 9.17) is 11.6 Å². The summed E-state index contributed by atoms with van der Waals surface area (Å²) in [6.45, 7) is 0.519. The number of aromatic nitrogens is 1. The minimum atomic E-state index is -0.238. The molecule has 1 heterocycles. The molecule has 0 aliphatic carbocycles. The van der Waals surface area contributed by atoms with Crippen LogP contribution in [0.15, 0.2) is 42.5 Å². The number of hydrogen-bond acceptors (Lipinski definition) is 2. The summed E-state index contributed by atoms with van der Waals surface area (Å²) < 4.78 is 12.9. The van der Waals surface area contributed by atoms with Crippen molar-refractivity contribution in [1.82, 2.24) is 4.98 Å². The summed E-state index contributed by atoms with van der Waals surface area (Å²) in [6, 6.07) is 11.8. The van der Waals surface area contributed by atoms with Gasteiger partial charge in [-0.25, -0.2) is 9.37 Å². The molecule has 4 heteroatoms. The van der Waals surface area contributed by atoms with E-state index in [0.29, 0.717) is 17.5 Å². The average molecular weight is 237 g/mol. The van der Waals surface area contributed by atoms with Crippen LogP contribution in [0, 0.1) is 5.82 Å². The van der Waals surface area contributed by atoms with E-state index in [0.717, 1.165) is 5.56 Å². The molecule has 0 saturated heterocycles. The van der Waals surface area contributed by atoms with E-state index in [1.54, 1.807) is 12.1 Å². The van der Waals surface area contributed by atoms with E-state index in [-0.39, 0.29) is 5.82 Å². The van der Waals surface area contributed by atoms with Crippen molar-refractivity contribution in [2.75, 3.05) is 5.32 Å². The van der Waals surface area contributed by atoms with Crippen molar-refractivity contribution >= 4 is 17.4 Å². The highest BCUT2D eigenvalue weighted by molar-refractivity contribution is 6.29. The quantitative estimate of drug-likeness (QED) is 0.826. The molecule has 0 fully saturated rings. The Balaban J connectivity index is 2.02. The smallest absolute Gasteiger partial charge is 0.131 e. The van der Waals surface area contributed by atoms with Crippen molar-refractivity contribution in [2.24, 2.45) is 0 Å². The monoisotopic (exact) mass is 236 g/mol. The summed E-state index contributed by atoms with van der Waals surface area (Å²) in [4.78, 5) is 4.07. The van der Waals surface area contributed by atoms with Crippen molar-refractivity contribution in [2.45, 2.75) is 6.54 Å². The molecule has 2 aromatic rings. The summed E-state index contributed by atoms with van der Waals surface area (Å²) in [7, 11) is 0. The van der Waals surface area contributed by atoms with E-state index in [1.165, 1.54) is 12.1 Å². The van der Waals surface area contributed by atoms with Crippen LogP contribution in [0.25, 0.3) is 0 Å². The third-order valence-electron chi connectivity index (χ3n) is 2.08. The second-order valence-electron chi connectivity index (χ2n) is 3.33. The Morgan fingerprint density at radius 3 is 2.75 bits per heavy atom. The van der Waals surface area contributed by atoms with Gasteiger partial charge >= 0.3 is 0 Å². The maximum atomic E-state index is 12.9. The van der Waals surface area contributed by atoms with Gasteiger partial charge in [0.15, 0.2) is 0 Å². The number of hydrogen-bond donors (Lipinski definition) is 1. The molecule has 0 radical (unpaired) electrons. The predicted octanol–water partition coefficient (Wildman–Crippen LogP) is 3.49. The molecule has 0 atom stereocenters. The van der Waals surface area contributed by atoms with Gasteiger partial charge in [-0.15, -0.1) is 0 Å². The zero-order chi connectivity index (χ0) is 11.4. The summed E-state index contributed by atoms with van der Waals surface area (Å²) in [5.41, 5.74) is 0.863. The fraction of sp³-hybridized carbons (Fsp3) is 0.0833. The molecule has 2 rings (SSSR count). The van der Waals surface area contributed by atoms with Crippen LogP contribution >= 0.6 is 11.6 Å². The first-order valence-electron chi connectivity index (χ1n) is 4.85. The molecule has 2 nitrogen and oxygen atoms in total. The third-order valence-corrected chi connectivity index (χ3v) is 2.29. The highest BCUT2D eigenvalue weighted by Gasteiger charge is 1.97. The number of halogens is 2. The van der Waals surface area contributed by atoms with Crippen molar-refractivity contribution < 1.29 is 4.39 Å². The fourth-order valence-corrected chi connectivity index (χ4v) is 1.51. The Morgan fingerprint density at radius 2 is 2.00 bits per heavy atom. The van der Waals surface area contributed by atoms with Crippen molar-refractivity contribution in [3.8, 4) is 0 Å². The summed E-state index contributed by atoms with van der Waals surface area (Å²) in [5, 5.41) is 3.50. The van der Waals surface area contributed by atoms with Gasteiger partial charge in [0.1, 0.15) is 16.8 Å². The maximum Gasteiger partial charge on any atom is 0.131 e. The molecule has 0 bridgehead atoms. The normalized spacial score (nSPS) is 10.1. The Hall–Kier alpha value is -1.61. The lowest BCUT2D eigenvalue weighted by Gasteiger charge is -2.05. The van der Waals surface area contributed by atoms with Crippen LogP contribution in [-0.4, -0.2) is 4.98 Å².